The van der Waals surface area contributed by atoms with Gasteiger partial charge in [0, 0.05) is 9.13 Å². The van der Waals surface area contributed by atoms with Gasteiger partial charge >= 0.3 is 5.97 Å². The first-order valence-corrected chi connectivity index (χ1v) is 7.14. The first-order valence-electron chi connectivity index (χ1n) is 6.06. The van der Waals surface area contributed by atoms with Gasteiger partial charge in [-0.1, -0.05) is 30.3 Å². The van der Waals surface area contributed by atoms with Crippen molar-refractivity contribution in [1.29, 1.82) is 0 Å². The lowest BCUT2D eigenvalue weighted by Crippen LogP contribution is -2.04. The second-order valence-corrected chi connectivity index (χ2v) is 5.50. The number of nitrogens with zero attached hydrogens (tertiary/aromatic N) is 1. The van der Waals surface area contributed by atoms with Crippen LogP contribution in [-0.4, -0.2) is 11.9 Å². The molecule has 0 amide bonds. The molecule has 0 unspecified atom stereocenters. The molecule has 0 saturated carbocycles. The van der Waals surface area contributed by atoms with E-state index in [1.165, 1.54) is 0 Å². The van der Waals surface area contributed by atoms with E-state index in [1.807, 2.05) is 54.6 Å². The second kappa shape index (κ2) is 5.58. The third-order valence-electron chi connectivity index (χ3n) is 2.79. The Bertz CT molecular complexity index is 720. The van der Waals surface area contributed by atoms with E-state index in [-0.39, 0.29) is 0 Å². The number of hydrogen-bond acceptors (Lipinski definition) is 3. The average Bonchev–Trinajstić information content (AvgIpc) is 2.81. The minimum atomic E-state index is -0.414. The highest BCUT2D eigenvalue weighted by atomic mass is 127. The van der Waals surface area contributed by atoms with E-state index in [0.717, 1.165) is 14.7 Å². The quantitative estimate of drug-likeness (QED) is 0.457. The highest BCUT2D eigenvalue weighted by Crippen LogP contribution is 2.19. The summed E-state index contributed by atoms with van der Waals surface area (Å²) in [6.45, 7) is 0. The fourth-order valence-corrected chi connectivity index (χ4v) is 2.43. The van der Waals surface area contributed by atoms with Crippen molar-refractivity contribution in [3.05, 3.63) is 75.0 Å². The standard InChI is InChI=1S/C16H10INO2/c17-13-8-4-5-11(9-13)10-14-16(19)20-15(18-14)12-6-2-1-3-7-12/h1-10H. The molecule has 0 aliphatic carbocycles. The smallest absolute Gasteiger partial charge is 0.363 e. The first kappa shape index (κ1) is 13.1. The lowest BCUT2D eigenvalue weighted by molar-refractivity contribution is -0.129. The van der Waals surface area contributed by atoms with Crippen molar-refractivity contribution in [1.82, 2.24) is 0 Å². The largest absolute Gasteiger partial charge is 0.402 e. The normalized spacial score (nSPS) is 16.1. The summed E-state index contributed by atoms with van der Waals surface area (Å²) in [6.07, 6.45) is 1.74. The number of halogens is 1. The van der Waals surface area contributed by atoms with Crippen LogP contribution in [0.2, 0.25) is 0 Å². The zero-order chi connectivity index (χ0) is 13.9. The molecule has 0 atom stereocenters. The fourth-order valence-electron chi connectivity index (χ4n) is 1.87. The van der Waals surface area contributed by atoms with E-state index in [1.54, 1.807) is 6.08 Å². The molecule has 0 spiro atoms. The Balaban J connectivity index is 1.95. The monoisotopic (exact) mass is 375 g/mol. The van der Waals surface area contributed by atoms with Crippen LogP contribution in [0, 0.1) is 3.57 Å². The summed E-state index contributed by atoms with van der Waals surface area (Å²) in [7, 11) is 0. The molecule has 2 aromatic rings. The molecule has 1 heterocycles. The van der Waals surface area contributed by atoms with Crippen molar-refractivity contribution < 1.29 is 9.53 Å². The van der Waals surface area contributed by atoms with Crippen LogP contribution in [0.1, 0.15) is 11.1 Å². The van der Waals surface area contributed by atoms with Crippen LogP contribution in [-0.2, 0) is 9.53 Å². The lowest BCUT2D eigenvalue weighted by Gasteiger charge is -1.97. The highest BCUT2D eigenvalue weighted by Gasteiger charge is 2.23. The fraction of sp³-hybridized carbons (Fsp3) is 0. The second-order valence-electron chi connectivity index (χ2n) is 4.26. The molecule has 0 N–H and O–H groups in total. The lowest BCUT2D eigenvalue weighted by atomic mass is 10.2. The third-order valence-corrected chi connectivity index (χ3v) is 3.46. The highest BCUT2D eigenvalue weighted by molar-refractivity contribution is 14.1. The van der Waals surface area contributed by atoms with E-state index < -0.39 is 5.97 Å². The summed E-state index contributed by atoms with van der Waals surface area (Å²) in [5.74, 6) is -0.0600. The molecule has 3 nitrogen and oxygen atoms in total. The zero-order valence-corrected chi connectivity index (χ0v) is 12.6. The van der Waals surface area contributed by atoms with Crippen LogP contribution >= 0.6 is 22.6 Å². The van der Waals surface area contributed by atoms with Crippen molar-refractivity contribution in [2.75, 3.05) is 0 Å². The minimum Gasteiger partial charge on any atom is -0.402 e. The molecule has 0 radical (unpaired) electrons. The van der Waals surface area contributed by atoms with Gasteiger partial charge in [-0.15, -0.1) is 0 Å². The van der Waals surface area contributed by atoms with Crippen LogP contribution in [0.15, 0.2) is 65.3 Å². The molecular formula is C16H10INO2. The molecule has 98 valence electrons. The molecule has 1 aliphatic heterocycles. The number of carbonyl (C=O) groups excluding carboxylic acids is 1. The maximum absolute atomic E-state index is 11.8. The maximum Gasteiger partial charge on any atom is 0.363 e. The van der Waals surface area contributed by atoms with Gasteiger partial charge in [0.2, 0.25) is 5.90 Å². The van der Waals surface area contributed by atoms with Crippen LogP contribution in [0.5, 0.6) is 0 Å². The minimum absolute atomic E-state index is 0.325. The Kier molecular flexibility index (Phi) is 3.64. The zero-order valence-electron chi connectivity index (χ0n) is 10.4. The van der Waals surface area contributed by atoms with Crippen LogP contribution in [0.3, 0.4) is 0 Å². The summed E-state index contributed by atoms with van der Waals surface area (Å²) < 4.78 is 6.31. The van der Waals surface area contributed by atoms with Crippen molar-refractivity contribution in [2.24, 2.45) is 4.99 Å². The van der Waals surface area contributed by atoms with Gasteiger partial charge in [-0.05, 0) is 58.5 Å². The van der Waals surface area contributed by atoms with Gasteiger partial charge in [0.05, 0.1) is 0 Å². The van der Waals surface area contributed by atoms with Crippen molar-refractivity contribution in [2.45, 2.75) is 0 Å². The van der Waals surface area contributed by atoms with E-state index in [0.29, 0.717) is 11.6 Å². The molecule has 0 aromatic heterocycles. The molecule has 4 heteroatoms. The summed E-state index contributed by atoms with van der Waals surface area (Å²) in [6, 6.07) is 17.2. The Morgan fingerprint density at radius 1 is 1.05 bits per heavy atom. The van der Waals surface area contributed by atoms with Crippen LogP contribution in [0.25, 0.3) is 6.08 Å². The van der Waals surface area contributed by atoms with Gasteiger partial charge in [0.1, 0.15) is 0 Å². The van der Waals surface area contributed by atoms with Gasteiger partial charge in [-0.3, -0.25) is 0 Å². The van der Waals surface area contributed by atoms with E-state index in [9.17, 15) is 4.79 Å². The van der Waals surface area contributed by atoms with Crippen LogP contribution in [0.4, 0.5) is 0 Å². The molecule has 2 aromatic carbocycles. The molecule has 0 fully saturated rings. The number of aliphatic imine (C=N–C) groups is 1. The molecule has 20 heavy (non-hydrogen) atoms. The topological polar surface area (TPSA) is 38.7 Å². The van der Waals surface area contributed by atoms with Gasteiger partial charge in [0.15, 0.2) is 5.70 Å². The molecule has 3 rings (SSSR count). The summed E-state index contributed by atoms with van der Waals surface area (Å²) in [5.41, 5.74) is 2.06. The molecule has 0 bridgehead atoms. The number of ether oxygens (including phenoxy) is 1. The number of benzene rings is 2. The van der Waals surface area contributed by atoms with Gasteiger partial charge in [-0.2, -0.15) is 0 Å². The van der Waals surface area contributed by atoms with Gasteiger partial charge in [-0.25, -0.2) is 9.79 Å². The SMILES string of the molecule is O=C1OC(c2ccccc2)=NC1=Cc1cccc(I)c1. The van der Waals surface area contributed by atoms with Gasteiger partial charge in [0.25, 0.3) is 0 Å². The Morgan fingerprint density at radius 2 is 1.85 bits per heavy atom. The number of cyclic esters (lactones) is 1. The van der Waals surface area contributed by atoms with Gasteiger partial charge < -0.3 is 4.74 Å². The Hall–Kier alpha value is -1.95. The Labute approximate surface area is 130 Å². The Morgan fingerprint density at radius 3 is 2.60 bits per heavy atom. The third kappa shape index (κ3) is 2.80. The number of hydrogen-bond donors (Lipinski definition) is 0. The average molecular weight is 375 g/mol. The van der Waals surface area contributed by atoms with Crippen molar-refractivity contribution in [3.8, 4) is 0 Å². The van der Waals surface area contributed by atoms with E-state index in [2.05, 4.69) is 27.6 Å². The van der Waals surface area contributed by atoms with E-state index in [4.69, 9.17) is 4.74 Å². The summed E-state index contributed by atoms with van der Waals surface area (Å²) in [5, 5.41) is 0. The number of carbonyl (C=O) groups is 1. The van der Waals surface area contributed by atoms with Crippen molar-refractivity contribution >= 4 is 40.5 Å². The van der Waals surface area contributed by atoms with Crippen molar-refractivity contribution in [3.63, 3.8) is 0 Å². The summed E-state index contributed by atoms with van der Waals surface area (Å²) >= 11 is 2.23. The predicted octanol–water partition coefficient (Wildman–Crippen LogP) is 3.64. The first-order chi connectivity index (χ1) is 9.72. The van der Waals surface area contributed by atoms with Crippen LogP contribution < -0.4 is 0 Å². The summed E-state index contributed by atoms with van der Waals surface area (Å²) in [4.78, 5) is 16.1. The number of esters is 1. The molecular weight excluding hydrogens is 365 g/mol. The number of rotatable bonds is 2. The predicted molar refractivity (Wildman–Crippen MR) is 86.2 cm³/mol. The molecule has 0 saturated heterocycles. The maximum atomic E-state index is 11.8. The van der Waals surface area contributed by atoms with E-state index >= 15 is 0 Å². The molecule has 1 aliphatic rings.